The van der Waals surface area contributed by atoms with E-state index in [9.17, 15) is 4.79 Å². The van der Waals surface area contributed by atoms with Crippen LogP contribution in [-0.4, -0.2) is 23.0 Å². The van der Waals surface area contributed by atoms with Crippen LogP contribution in [0.2, 0.25) is 0 Å². The van der Waals surface area contributed by atoms with Crippen LogP contribution in [0.25, 0.3) is 0 Å². The number of fused-ring (bicyclic) bond motifs is 1. The summed E-state index contributed by atoms with van der Waals surface area (Å²) in [6.45, 7) is 0. The van der Waals surface area contributed by atoms with E-state index in [1.54, 1.807) is 12.3 Å². The second-order valence-corrected chi connectivity index (χ2v) is 3.44. The topological polar surface area (TPSA) is 101 Å². The number of nitrogens with zero attached hydrogens (tertiary/aromatic N) is 2. The van der Waals surface area contributed by atoms with Gasteiger partial charge in [-0.1, -0.05) is 0 Å². The van der Waals surface area contributed by atoms with Crippen molar-refractivity contribution < 1.29 is 9.53 Å². The molecule has 0 radical (unpaired) electrons. The third kappa shape index (κ3) is 1.94. The van der Waals surface area contributed by atoms with Crippen LogP contribution in [0.3, 0.4) is 0 Å². The van der Waals surface area contributed by atoms with Gasteiger partial charge in [-0.3, -0.25) is 9.78 Å². The first-order valence-electron chi connectivity index (χ1n) is 4.77. The van der Waals surface area contributed by atoms with Crippen molar-refractivity contribution in [3.05, 3.63) is 18.5 Å². The Morgan fingerprint density at radius 1 is 1.75 bits per heavy atom. The number of aromatic nitrogens is 1. The van der Waals surface area contributed by atoms with Gasteiger partial charge < -0.3 is 15.8 Å². The smallest absolute Gasteiger partial charge is 0.265 e. The molecule has 0 saturated heterocycles. The quantitative estimate of drug-likeness (QED) is 0.728. The first-order chi connectivity index (χ1) is 7.70. The molecular weight excluding hydrogens is 208 g/mol. The molecule has 0 fully saturated rings. The van der Waals surface area contributed by atoms with Gasteiger partial charge in [0.05, 0.1) is 18.3 Å². The van der Waals surface area contributed by atoms with Gasteiger partial charge in [0.1, 0.15) is 11.4 Å². The van der Waals surface area contributed by atoms with E-state index in [0.29, 0.717) is 11.4 Å². The summed E-state index contributed by atoms with van der Waals surface area (Å²) in [4.78, 5) is 15.4. The van der Waals surface area contributed by atoms with Crippen molar-refractivity contribution in [1.29, 1.82) is 5.26 Å². The van der Waals surface area contributed by atoms with E-state index in [-0.39, 0.29) is 12.3 Å². The predicted octanol–water partition coefficient (Wildman–Crippen LogP) is 0.0221. The molecule has 1 aliphatic rings. The Bertz CT molecular complexity index is 454. The lowest BCUT2D eigenvalue weighted by atomic mass is 10.1. The Balaban J connectivity index is 2.16. The zero-order chi connectivity index (χ0) is 11.5. The Labute approximate surface area is 92.0 Å². The van der Waals surface area contributed by atoms with Crippen LogP contribution < -0.4 is 15.8 Å². The van der Waals surface area contributed by atoms with Crippen LogP contribution >= 0.6 is 0 Å². The summed E-state index contributed by atoms with van der Waals surface area (Å²) in [5.41, 5.74) is 5.99. The van der Waals surface area contributed by atoms with E-state index >= 15 is 0 Å². The Morgan fingerprint density at radius 3 is 3.31 bits per heavy atom. The van der Waals surface area contributed by atoms with Crippen LogP contribution in [0.4, 0.5) is 5.69 Å². The number of rotatable bonds is 2. The van der Waals surface area contributed by atoms with E-state index in [1.165, 1.54) is 6.20 Å². The maximum Gasteiger partial charge on any atom is 0.265 e. The van der Waals surface area contributed by atoms with Crippen molar-refractivity contribution in [3.8, 4) is 11.8 Å². The van der Waals surface area contributed by atoms with Gasteiger partial charge >= 0.3 is 0 Å². The average molecular weight is 218 g/mol. The molecule has 6 nitrogen and oxygen atoms in total. The molecule has 0 saturated carbocycles. The predicted molar refractivity (Wildman–Crippen MR) is 55.5 cm³/mol. The summed E-state index contributed by atoms with van der Waals surface area (Å²) in [6, 6.07) is 2.81. The SMILES string of the molecule is N#CC(N)C[C@@H]1Oc2ccncc2NC1=O. The molecule has 1 aromatic heterocycles. The molecule has 16 heavy (non-hydrogen) atoms. The Morgan fingerprint density at radius 2 is 2.56 bits per heavy atom. The summed E-state index contributed by atoms with van der Waals surface area (Å²) in [7, 11) is 0. The van der Waals surface area contributed by atoms with Crippen molar-refractivity contribution >= 4 is 11.6 Å². The van der Waals surface area contributed by atoms with Crippen LogP contribution in [0.15, 0.2) is 18.5 Å². The minimum absolute atomic E-state index is 0.171. The van der Waals surface area contributed by atoms with Crippen molar-refractivity contribution in [2.24, 2.45) is 5.73 Å². The normalized spacial score (nSPS) is 20.0. The van der Waals surface area contributed by atoms with Gasteiger partial charge in [0.25, 0.3) is 5.91 Å². The Hall–Kier alpha value is -2.13. The van der Waals surface area contributed by atoms with Gasteiger partial charge in [0, 0.05) is 18.7 Å². The van der Waals surface area contributed by atoms with Gasteiger partial charge in [-0.2, -0.15) is 5.26 Å². The van der Waals surface area contributed by atoms with E-state index in [4.69, 9.17) is 15.7 Å². The number of carbonyl (C=O) groups excluding carboxylic acids is 1. The number of hydrogen-bond acceptors (Lipinski definition) is 5. The van der Waals surface area contributed by atoms with Gasteiger partial charge in [-0.25, -0.2) is 0 Å². The summed E-state index contributed by atoms with van der Waals surface area (Å²) >= 11 is 0. The van der Waals surface area contributed by atoms with Crippen LogP contribution in [-0.2, 0) is 4.79 Å². The summed E-state index contributed by atoms with van der Waals surface area (Å²) in [5, 5.41) is 11.2. The molecule has 0 aromatic carbocycles. The molecule has 82 valence electrons. The number of nitrogens with one attached hydrogen (secondary N) is 1. The maximum absolute atomic E-state index is 11.6. The molecule has 1 amide bonds. The first-order valence-corrected chi connectivity index (χ1v) is 4.77. The highest BCUT2D eigenvalue weighted by atomic mass is 16.5. The minimum atomic E-state index is -0.718. The number of amides is 1. The summed E-state index contributed by atoms with van der Waals surface area (Å²) in [5.74, 6) is 0.246. The highest BCUT2D eigenvalue weighted by Crippen LogP contribution is 2.28. The number of nitriles is 1. The summed E-state index contributed by atoms with van der Waals surface area (Å²) in [6.07, 6.45) is 2.53. The van der Waals surface area contributed by atoms with E-state index < -0.39 is 12.1 Å². The fourth-order valence-electron chi connectivity index (χ4n) is 1.44. The van der Waals surface area contributed by atoms with Gasteiger partial charge in [-0.15, -0.1) is 0 Å². The van der Waals surface area contributed by atoms with Crippen LogP contribution in [0.1, 0.15) is 6.42 Å². The van der Waals surface area contributed by atoms with Gasteiger partial charge in [0.15, 0.2) is 6.10 Å². The lowest BCUT2D eigenvalue weighted by molar-refractivity contribution is -0.123. The molecule has 6 heteroatoms. The number of hydrogen-bond donors (Lipinski definition) is 2. The molecule has 1 aromatic rings. The fourth-order valence-corrected chi connectivity index (χ4v) is 1.44. The fraction of sp³-hybridized carbons (Fsp3) is 0.300. The van der Waals surface area contributed by atoms with Crippen molar-refractivity contribution in [2.45, 2.75) is 18.6 Å². The minimum Gasteiger partial charge on any atom is -0.478 e. The third-order valence-electron chi connectivity index (χ3n) is 2.23. The average Bonchev–Trinajstić information content (AvgIpc) is 2.30. The van der Waals surface area contributed by atoms with Crippen molar-refractivity contribution in [1.82, 2.24) is 4.98 Å². The molecule has 3 N–H and O–H groups in total. The molecule has 2 heterocycles. The molecule has 0 aliphatic carbocycles. The second-order valence-electron chi connectivity index (χ2n) is 3.44. The molecule has 1 unspecified atom stereocenters. The van der Waals surface area contributed by atoms with Crippen LogP contribution in [0, 0.1) is 11.3 Å². The maximum atomic E-state index is 11.6. The van der Waals surface area contributed by atoms with Gasteiger partial charge in [-0.05, 0) is 0 Å². The third-order valence-corrected chi connectivity index (χ3v) is 2.23. The second kappa shape index (κ2) is 4.16. The molecular formula is C10H10N4O2. The van der Waals surface area contributed by atoms with Crippen LogP contribution in [0.5, 0.6) is 5.75 Å². The zero-order valence-corrected chi connectivity index (χ0v) is 8.38. The van der Waals surface area contributed by atoms with E-state index in [2.05, 4.69) is 10.3 Å². The standard InChI is InChI=1S/C10H10N4O2/c11-4-6(12)3-9-10(15)14-7-5-13-2-1-8(7)16-9/h1-2,5-6,9H,3,12H2,(H,14,15)/t6?,9-/m0/s1. The number of carbonyl (C=O) groups is 1. The number of nitrogens with two attached hydrogens (primary N) is 1. The first kappa shape index (κ1) is 10.4. The van der Waals surface area contributed by atoms with Crippen molar-refractivity contribution in [2.75, 3.05) is 5.32 Å². The molecule has 2 rings (SSSR count). The Kier molecular flexibility index (Phi) is 2.70. The monoisotopic (exact) mass is 218 g/mol. The summed E-state index contributed by atoms with van der Waals surface area (Å²) < 4.78 is 5.43. The zero-order valence-electron chi connectivity index (χ0n) is 8.38. The largest absolute Gasteiger partial charge is 0.478 e. The van der Waals surface area contributed by atoms with Gasteiger partial charge in [0.2, 0.25) is 0 Å². The lowest BCUT2D eigenvalue weighted by Gasteiger charge is -2.25. The highest BCUT2D eigenvalue weighted by Gasteiger charge is 2.29. The molecule has 0 spiro atoms. The molecule has 0 bridgehead atoms. The highest BCUT2D eigenvalue weighted by molar-refractivity contribution is 5.97. The lowest BCUT2D eigenvalue weighted by Crippen LogP contribution is -2.40. The molecule has 2 atom stereocenters. The van der Waals surface area contributed by atoms with E-state index in [1.807, 2.05) is 6.07 Å². The molecule has 1 aliphatic heterocycles. The number of anilines is 1. The number of pyridine rings is 1. The number of ether oxygens (including phenoxy) is 1. The van der Waals surface area contributed by atoms with E-state index in [0.717, 1.165) is 0 Å². The van der Waals surface area contributed by atoms with Crippen molar-refractivity contribution in [3.63, 3.8) is 0 Å².